The van der Waals surface area contributed by atoms with Gasteiger partial charge in [-0.25, -0.2) is 0 Å². The number of carbonyl (C=O) groups is 2. The van der Waals surface area contributed by atoms with Crippen LogP contribution in [-0.4, -0.2) is 98.4 Å². The van der Waals surface area contributed by atoms with E-state index in [4.69, 9.17) is 0 Å². The minimum atomic E-state index is 0.0745. The van der Waals surface area contributed by atoms with E-state index in [1.54, 1.807) is 4.90 Å². The molecule has 1 saturated heterocycles. The first-order chi connectivity index (χ1) is 15.0. The number of hydrogen-bond donors (Lipinski definition) is 1. The number of piperazine rings is 1. The molecule has 0 spiro atoms. The van der Waals surface area contributed by atoms with E-state index < -0.39 is 0 Å². The number of anilines is 1. The van der Waals surface area contributed by atoms with Gasteiger partial charge in [0.2, 0.25) is 11.8 Å². The summed E-state index contributed by atoms with van der Waals surface area (Å²) < 4.78 is 0. The molecule has 0 aromatic heterocycles. The Morgan fingerprint density at radius 3 is 2.26 bits per heavy atom. The Bertz CT molecular complexity index is 712. The molecule has 0 bridgehead atoms. The lowest BCUT2D eigenvalue weighted by atomic mass is 10.2. The highest BCUT2D eigenvalue weighted by atomic mass is 16.2. The second-order valence-electron chi connectivity index (χ2n) is 7.61. The molecule has 0 unspecified atom stereocenters. The number of hydrogen-bond acceptors (Lipinski definition) is 4. The molecule has 0 radical (unpaired) electrons. The predicted molar refractivity (Wildman–Crippen MR) is 126 cm³/mol. The number of para-hydroxylation sites is 1. The number of likely N-dealkylation sites (N-methyl/N-ethyl adjacent to an activating group) is 2. The quantitative estimate of drug-likeness (QED) is 0.475. The van der Waals surface area contributed by atoms with E-state index in [9.17, 15) is 9.59 Å². The molecule has 8 nitrogen and oxygen atoms in total. The Kier molecular flexibility index (Phi) is 10.1. The topological polar surface area (TPSA) is 71.5 Å². The Hall–Kier alpha value is -2.77. The summed E-state index contributed by atoms with van der Waals surface area (Å²) in [6.45, 7) is 11.9. The van der Waals surface area contributed by atoms with E-state index >= 15 is 0 Å². The minimum Gasteiger partial charge on any atom is -0.368 e. The lowest BCUT2D eigenvalue weighted by Crippen LogP contribution is -2.49. The van der Waals surface area contributed by atoms with Crippen LogP contribution in [0.25, 0.3) is 0 Å². The van der Waals surface area contributed by atoms with E-state index in [1.807, 2.05) is 55.8 Å². The molecule has 31 heavy (non-hydrogen) atoms. The summed E-state index contributed by atoms with van der Waals surface area (Å²) in [6.07, 6.45) is 0.373. The average Bonchev–Trinajstić information content (AvgIpc) is 2.79. The number of aliphatic imine (C=N–C) groups is 1. The number of rotatable bonds is 9. The standard InChI is InChI=1S/C23H38N6O2/c1-5-24-23(26(4)19-22(31)27(6-2)7-3)25-14-13-21(30)29-17-15-28(16-18-29)20-11-9-8-10-12-20/h8-12H,5-7,13-19H2,1-4H3,(H,24,25). The predicted octanol–water partition coefficient (Wildman–Crippen LogP) is 1.49. The van der Waals surface area contributed by atoms with Crippen molar-refractivity contribution in [3.63, 3.8) is 0 Å². The number of amides is 2. The summed E-state index contributed by atoms with van der Waals surface area (Å²) in [6, 6.07) is 10.3. The van der Waals surface area contributed by atoms with E-state index in [1.165, 1.54) is 5.69 Å². The molecule has 1 fully saturated rings. The van der Waals surface area contributed by atoms with Crippen molar-refractivity contribution in [2.45, 2.75) is 27.2 Å². The van der Waals surface area contributed by atoms with Gasteiger partial charge in [0.05, 0.1) is 13.1 Å². The Morgan fingerprint density at radius 2 is 1.68 bits per heavy atom. The summed E-state index contributed by atoms with van der Waals surface area (Å²) in [5, 5.41) is 3.21. The van der Waals surface area contributed by atoms with Crippen molar-refractivity contribution in [3.8, 4) is 0 Å². The van der Waals surface area contributed by atoms with Crippen LogP contribution in [0.4, 0.5) is 5.69 Å². The third-order valence-corrected chi connectivity index (χ3v) is 5.53. The molecule has 172 valence electrons. The average molecular weight is 431 g/mol. The minimum absolute atomic E-state index is 0.0745. The molecule has 0 aliphatic carbocycles. The highest BCUT2D eigenvalue weighted by Gasteiger charge is 2.21. The molecule has 2 rings (SSSR count). The summed E-state index contributed by atoms with van der Waals surface area (Å²) in [5.41, 5.74) is 1.21. The van der Waals surface area contributed by atoms with E-state index in [2.05, 4.69) is 27.3 Å². The fraction of sp³-hybridized carbons (Fsp3) is 0.609. The Labute approximate surface area is 186 Å². The van der Waals surface area contributed by atoms with Crippen molar-refractivity contribution in [3.05, 3.63) is 30.3 Å². The van der Waals surface area contributed by atoms with Crippen LogP contribution in [0.2, 0.25) is 0 Å². The normalized spacial score (nSPS) is 14.4. The van der Waals surface area contributed by atoms with E-state index in [0.717, 1.165) is 26.2 Å². The van der Waals surface area contributed by atoms with Gasteiger partial charge in [-0.3, -0.25) is 14.6 Å². The Balaban J connectivity index is 1.82. The van der Waals surface area contributed by atoms with Crippen molar-refractivity contribution >= 4 is 23.5 Å². The van der Waals surface area contributed by atoms with Crippen LogP contribution in [-0.2, 0) is 9.59 Å². The molecule has 0 atom stereocenters. The molecule has 1 N–H and O–H groups in total. The molecular weight excluding hydrogens is 392 g/mol. The second kappa shape index (κ2) is 12.8. The maximum Gasteiger partial charge on any atom is 0.242 e. The smallest absolute Gasteiger partial charge is 0.242 e. The highest BCUT2D eigenvalue weighted by Crippen LogP contribution is 2.15. The molecule has 1 aliphatic rings. The fourth-order valence-electron chi connectivity index (χ4n) is 3.69. The number of guanidine groups is 1. The van der Waals surface area contributed by atoms with E-state index in [0.29, 0.717) is 38.6 Å². The van der Waals surface area contributed by atoms with Crippen LogP contribution in [0.5, 0.6) is 0 Å². The molecule has 0 saturated carbocycles. The van der Waals surface area contributed by atoms with Crippen molar-refractivity contribution < 1.29 is 9.59 Å². The molecule has 1 aromatic rings. The molecule has 1 aliphatic heterocycles. The molecule has 2 amide bonds. The summed E-state index contributed by atoms with van der Waals surface area (Å²) >= 11 is 0. The lowest BCUT2D eigenvalue weighted by Gasteiger charge is -2.36. The summed E-state index contributed by atoms with van der Waals surface area (Å²) in [4.78, 5) is 37.5. The summed E-state index contributed by atoms with van der Waals surface area (Å²) in [5.74, 6) is 0.865. The van der Waals surface area contributed by atoms with Crippen molar-refractivity contribution in [1.29, 1.82) is 0 Å². The third-order valence-electron chi connectivity index (χ3n) is 5.53. The zero-order chi connectivity index (χ0) is 22.6. The van der Waals surface area contributed by atoms with Gasteiger partial charge in [0.1, 0.15) is 0 Å². The van der Waals surface area contributed by atoms with Gasteiger partial charge in [-0.05, 0) is 32.9 Å². The van der Waals surface area contributed by atoms with Gasteiger partial charge in [-0.15, -0.1) is 0 Å². The van der Waals surface area contributed by atoms with Crippen molar-refractivity contribution in [2.24, 2.45) is 4.99 Å². The van der Waals surface area contributed by atoms with Crippen LogP contribution in [0.15, 0.2) is 35.3 Å². The fourth-order valence-corrected chi connectivity index (χ4v) is 3.69. The van der Waals surface area contributed by atoms with Gasteiger partial charge < -0.3 is 24.9 Å². The maximum atomic E-state index is 12.6. The number of benzene rings is 1. The first kappa shape index (κ1) is 24.5. The number of nitrogens with zero attached hydrogens (tertiary/aromatic N) is 5. The first-order valence-corrected chi connectivity index (χ1v) is 11.3. The van der Waals surface area contributed by atoms with Gasteiger partial charge in [-0.2, -0.15) is 0 Å². The van der Waals surface area contributed by atoms with Crippen LogP contribution < -0.4 is 10.2 Å². The van der Waals surface area contributed by atoms with Gasteiger partial charge in [0.15, 0.2) is 5.96 Å². The Morgan fingerprint density at radius 1 is 1.03 bits per heavy atom. The highest BCUT2D eigenvalue weighted by molar-refractivity contribution is 5.86. The van der Waals surface area contributed by atoms with Gasteiger partial charge in [-0.1, -0.05) is 18.2 Å². The number of nitrogens with one attached hydrogen (secondary N) is 1. The second-order valence-corrected chi connectivity index (χ2v) is 7.61. The maximum absolute atomic E-state index is 12.6. The lowest BCUT2D eigenvalue weighted by molar-refractivity contribution is -0.132. The third kappa shape index (κ3) is 7.45. The summed E-state index contributed by atoms with van der Waals surface area (Å²) in [7, 11) is 1.85. The monoisotopic (exact) mass is 430 g/mol. The zero-order valence-corrected chi connectivity index (χ0v) is 19.5. The number of carbonyl (C=O) groups excluding carboxylic acids is 2. The van der Waals surface area contributed by atoms with Crippen molar-refractivity contribution in [1.82, 2.24) is 20.0 Å². The SMILES string of the molecule is CCNC(=NCCC(=O)N1CCN(c2ccccc2)CC1)N(C)CC(=O)N(CC)CC. The largest absolute Gasteiger partial charge is 0.368 e. The van der Waals surface area contributed by atoms with E-state index in [-0.39, 0.29) is 18.4 Å². The van der Waals surface area contributed by atoms with Crippen LogP contribution in [0.1, 0.15) is 27.2 Å². The van der Waals surface area contributed by atoms with Gasteiger partial charge in [0, 0.05) is 65.0 Å². The molecule has 1 aromatic carbocycles. The zero-order valence-electron chi connectivity index (χ0n) is 19.5. The van der Waals surface area contributed by atoms with Crippen molar-refractivity contribution in [2.75, 3.05) is 70.9 Å². The van der Waals surface area contributed by atoms with Crippen LogP contribution in [0.3, 0.4) is 0 Å². The van der Waals surface area contributed by atoms with Gasteiger partial charge in [0.25, 0.3) is 0 Å². The first-order valence-electron chi connectivity index (χ1n) is 11.3. The molecular formula is C23H38N6O2. The van der Waals surface area contributed by atoms with Crippen LogP contribution >= 0.6 is 0 Å². The molecule has 8 heteroatoms. The van der Waals surface area contributed by atoms with Crippen LogP contribution in [0, 0.1) is 0 Å². The molecule has 1 heterocycles. The van der Waals surface area contributed by atoms with Gasteiger partial charge >= 0.3 is 0 Å².